The minimum atomic E-state index is -0.574. The van der Waals surface area contributed by atoms with Gasteiger partial charge in [0, 0.05) is 35.4 Å². The number of halogens is 4. The maximum atomic E-state index is 13.1. The van der Waals surface area contributed by atoms with Crippen LogP contribution in [0.15, 0.2) is 54.9 Å². The SMILES string of the molecule is CC(C(=O)NCc1ccncc1)n1c(Cc2c(Cl)cccc2Cl)nc2cc(Cl)c(Cl)cc21. The molecule has 0 bridgehead atoms. The summed E-state index contributed by atoms with van der Waals surface area (Å²) in [7, 11) is 0. The van der Waals surface area contributed by atoms with Gasteiger partial charge in [-0.25, -0.2) is 4.98 Å². The van der Waals surface area contributed by atoms with Crippen LogP contribution < -0.4 is 5.32 Å². The van der Waals surface area contributed by atoms with E-state index in [2.05, 4.69) is 10.3 Å². The van der Waals surface area contributed by atoms with Crippen molar-refractivity contribution in [3.8, 4) is 0 Å². The van der Waals surface area contributed by atoms with Crippen molar-refractivity contribution >= 4 is 63.3 Å². The first-order valence-electron chi connectivity index (χ1n) is 9.80. The van der Waals surface area contributed by atoms with Gasteiger partial charge in [-0.3, -0.25) is 9.78 Å². The summed E-state index contributed by atoms with van der Waals surface area (Å²) in [6, 6.07) is 11.9. The molecule has 1 unspecified atom stereocenters. The highest BCUT2D eigenvalue weighted by Gasteiger charge is 2.23. The van der Waals surface area contributed by atoms with Crippen molar-refractivity contribution in [1.29, 1.82) is 0 Å². The van der Waals surface area contributed by atoms with E-state index >= 15 is 0 Å². The zero-order chi connectivity index (χ0) is 22.8. The van der Waals surface area contributed by atoms with Crippen LogP contribution in [0.4, 0.5) is 0 Å². The Morgan fingerprint density at radius 2 is 1.66 bits per heavy atom. The van der Waals surface area contributed by atoms with Crippen molar-refractivity contribution in [3.05, 3.63) is 91.9 Å². The summed E-state index contributed by atoms with van der Waals surface area (Å²) < 4.78 is 1.85. The number of pyridine rings is 1. The Kier molecular flexibility index (Phi) is 6.91. The Bertz CT molecular complexity index is 1270. The summed E-state index contributed by atoms with van der Waals surface area (Å²) in [5.41, 5.74) is 3.01. The summed E-state index contributed by atoms with van der Waals surface area (Å²) in [6.45, 7) is 2.19. The van der Waals surface area contributed by atoms with Crippen LogP contribution in [0.1, 0.15) is 29.9 Å². The quantitative estimate of drug-likeness (QED) is 0.323. The Balaban J connectivity index is 1.73. The lowest BCUT2D eigenvalue weighted by Gasteiger charge is -2.18. The number of nitrogens with zero attached hydrogens (tertiary/aromatic N) is 3. The fourth-order valence-electron chi connectivity index (χ4n) is 3.51. The smallest absolute Gasteiger partial charge is 0.243 e. The van der Waals surface area contributed by atoms with E-state index in [4.69, 9.17) is 51.4 Å². The Hall–Kier alpha value is -2.31. The zero-order valence-corrected chi connectivity index (χ0v) is 20.0. The first kappa shape index (κ1) is 22.9. The number of hydrogen-bond acceptors (Lipinski definition) is 3. The Morgan fingerprint density at radius 1 is 1.00 bits per heavy atom. The second-order valence-corrected chi connectivity index (χ2v) is 8.91. The summed E-state index contributed by atoms with van der Waals surface area (Å²) in [5.74, 6) is 0.457. The van der Waals surface area contributed by atoms with Crippen LogP contribution in [-0.2, 0) is 17.8 Å². The fourth-order valence-corrected chi connectivity index (χ4v) is 4.36. The highest BCUT2D eigenvalue weighted by molar-refractivity contribution is 6.42. The molecule has 32 heavy (non-hydrogen) atoms. The van der Waals surface area contributed by atoms with E-state index in [0.717, 1.165) is 11.1 Å². The fraction of sp³-hybridized carbons (Fsp3) is 0.174. The molecule has 4 aromatic rings. The molecule has 0 saturated heterocycles. The molecule has 0 radical (unpaired) electrons. The van der Waals surface area contributed by atoms with Crippen LogP contribution in [0.2, 0.25) is 20.1 Å². The van der Waals surface area contributed by atoms with Gasteiger partial charge < -0.3 is 9.88 Å². The van der Waals surface area contributed by atoms with Gasteiger partial charge >= 0.3 is 0 Å². The van der Waals surface area contributed by atoms with Crippen molar-refractivity contribution in [2.45, 2.75) is 25.9 Å². The van der Waals surface area contributed by atoms with Crippen molar-refractivity contribution in [3.63, 3.8) is 0 Å². The van der Waals surface area contributed by atoms with Crippen molar-refractivity contribution in [1.82, 2.24) is 19.9 Å². The molecule has 0 aliphatic carbocycles. The monoisotopic (exact) mass is 506 g/mol. The van der Waals surface area contributed by atoms with Crippen LogP contribution >= 0.6 is 46.4 Å². The van der Waals surface area contributed by atoms with E-state index in [1.165, 1.54) is 0 Å². The zero-order valence-electron chi connectivity index (χ0n) is 16.9. The maximum absolute atomic E-state index is 13.1. The molecule has 4 rings (SSSR count). The number of aromatic nitrogens is 3. The predicted molar refractivity (Wildman–Crippen MR) is 130 cm³/mol. The first-order valence-corrected chi connectivity index (χ1v) is 11.3. The van der Waals surface area contributed by atoms with Gasteiger partial charge in [0.1, 0.15) is 11.9 Å². The minimum Gasteiger partial charge on any atom is -0.350 e. The number of carbonyl (C=O) groups is 1. The van der Waals surface area contributed by atoms with Crippen LogP contribution in [-0.4, -0.2) is 20.4 Å². The van der Waals surface area contributed by atoms with Crippen LogP contribution in [0.3, 0.4) is 0 Å². The third kappa shape index (κ3) is 4.71. The largest absolute Gasteiger partial charge is 0.350 e. The lowest BCUT2D eigenvalue weighted by molar-refractivity contribution is -0.124. The average molecular weight is 508 g/mol. The van der Waals surface area contributed by atoms with Gasteiger partial charge in [0.25, 0.3) is 0 Å². The lowest BCUT2D eigenvalue weighted by atomic mass is 10.1. The number of imidazole rings is 1. The Labute approximate surface area is 205 Å². The molecule has 2 heterocycles. The van der Waals surface area contributed by atoms with Gasteiger partial charge in [0.2, 0.25) is 5.91 Å². The van der Waals surface area contributed by atoms with Crippen LogP contribution in [0.25, 0.3) is 11.0 Å². The minimum absolute atomic E-state index is 0.168. The van der Waals surface area contributed by atoms with Gasteiger partial charge in [-0.1, -0.05) is 52.5 Å². The van der Waals surface area contributed by atoms with Gasteiger partial charge in [-0.15, -0.1) is 0 Å². The maximum Gasteiger partial charge on any atom is 0.243 e. The molecular weight excluding hydrogens is 490 g/mol. The van der Waals surface area contributed by atoms with Crippen molar-refractivity contribution < 1.29 is 4.79 Å². The standard InChI is InChI=1S/C23H18Cl4N4O/c1-13(23(32)29-12-14-5-7-28-8-6-14)31-21-11-19(27)18(26)10-20(21)30-22(31)9-15-16(24)3-2-4-17(15)25/h2-8,10-11,13H,9,12H2,1H3,(H,29,32). The molecule has 0 aliphatic rings. The molecule has 1 N–H and O–H groups in total. The molecule has 0 saturated carbocycles. The van der Waals surface area contributed by atoms with E-state index < -0.39 is 6.04 Å². The summed E-state index contributed by atoms with van der Waals surface area (Å²) in [5, 5.41) is 4.80. The average Bonchev–Trinajstić information content (AvgIpc) is 3.11. The highest BCUT2D eigenvalue weighted by Crippen LogP contribution is 2.33. The third-order valence-electron chi connectivity index (χ3n) is 5.18. The molecule has 1 atom stereocenters. The number of benzene rings is 2. The molecule has 2 aromatic carbocycles. The molecule has 1 amide bonds. The number of amides is 1. The van der Waals surface area contributed by atoms with Gasteiger partial charge in [0.15, 0.2) is 0 Å². The van der Waals surface area contributed by atoms with Gasteiger partial charge in [-0.05, 0) is 54.4 Å². The molecule has 5 nitrogen and oxygen atoms in total. The number of rotatable bonds is 6. The summed E-state index contributed by atoms with van der Waals surface area (Å²) in [4.78, 5) is 21.8. The molecule has 0 spiro atoms. The molecule has 0 fully saturated rings. The molecule has 164 valence electrons. The number of nitrogens with one attached hydrogen (secondary N) is 1. The third-order valence-corrected chi connectivity index (χ3v) is 6.61. The molecular formula is C23H18Cl4N4O. The topological polar surface area (TPSA) is 59.8 Å². The number of carbonyl (C=O) groups excluding carboxylic acids is 1. The molecule has 2 aromatic heterocycles. The normalized spacial score (nSPS) is 12.2. The van der Waals surface area contributed by atoms with Crippen molar-refractivity contribution in [2.75, 3.05) is 0 Å². The molecule has 9 heteroatoms. The second kappa shape index (κ2) is 9.67. The van der Waals surface area contributed by atoms with Gasteiger partial charge in [-0.2, -0.15) is 0 Å². The first-order chi connectivity index (χ1) is 15.3. The van der Waals surface area contributed by atoms with E-state index in [1.807, 2.05) is 23.6 Å². The molecule has 0 aliphatic heterocycles. The van der Waals surface area contributed by atoms with Gasteiger partial charge in [0.05, 0.1) is 21.1 Å². The predicted octanol–water partition coefficient (Wildman–Crippen LogP) is 6.51. The van der Waals surface area contributed by atoms with E-state index in [-0.39, 0.29) is 5.91 Å². The van der Waals surface area contributed by atoms with E-state index in [0.29, 0.717) is 49.9 Å². The van der Waals surface area contributed by atoms with Crippen molar-refractivity contribution in [2.24, 2.45) is 0 Å². The highest BCUT2D eigenvalue weighted by atomic mass is 35.5. The second-order valence-electron chi connectivity index (χ2n) is 7.28. The number of hydrogen-bond donors (Lipinski definition) is 1. The lowest BCUT2D eigenvalue weighted by Crippen LogP contribution is -2.31. The van der Waals surface area contributed by atoms with E-state index in [1.54, 1.807) is 42.7 Å². The Morgan fingerprint density at radius 3 is 2.34 bits per heavy atom. The summed E-state index contributed by atoms with van der Waals surface area (Å²) >= 11 is 25.3. The van der Waals surface area contributed by atoms with Crippen LogP contribution in [0, 0.1) is 0 Å². The van der Waals surface area contributed by atoms with E-state index in [9.17, 15) is 4.79 Å². The number of fused-ring (bicyclic) bond motifs is 1. The van der Waals surface area contributed by atoms with Crippen LogP contribution in [0.5, 0.6) is 0 Å². The summed E-state index contributed by atoms with van der Waals surface area (Å²) in [6.07, 6.45) is 3.71.